The van der Waals surface area contributed by atoms with Gasteiger partial charge in [0.2, 0.25) is 10.0 Å². The number of Topliss-reactive ketones (excluding diaryl/α,β-unsaturated/α-hetero) is 1. The quantitative estimate of drug-likeness (QED) is 0.556. The molecule has 1 aliphatic heterocycles. The molecule has 2 aliphatic rings. The third kappa shape index (κ3) is 6.90. The molecule has 1 saturated heterocycles. The molecular weight excluding hydrogens is 432 g/mol. The van der Waals surface area contributed by atoms with Gasteiger partial charge in [0.15, 0.2) is 0 Å². The van der Waals surface area contributed by atoms with Crippen LogP contribution in [-0.2, 0) is 21.2 Å². The minimum atomic E-state index is -3.48. The summed E-state index contributed by atoms with van der Waals surface area (Å²) in [6.07, 6.45) is 9.40. The number of benzene rings is 2. The van der Waals surface area contributed by atoms with E-state index in [-0.39, 0.29) is 6.04 Å². The van der Waals surface area contributed by atoms with E-state index >= 15 is 0 Å². The van der Waals surface area contributed by atoms with Crippen molar-refractivity contribution in [3.8, 4) is 0 Å². The summed E-state index contributed by atoms with van der Waals surface area (Å²) < 4.78 is 28.4. The van der Waals surface area contributed by atoms with Crippen molar-refractivity contribution < 1.29 is 13.2 Å². The van der Waals surface area contributed by atoms with Gasteiger partial charge in [0.25, 0.3) is 0 Å². The minimum absolute atomic E-state index is 0.0608. The Hall–Kier alpha value is -2.18. The molecule has 33 heavy (non-hydrogen) atoms. The fraction of sp³-hybridized carbons (Fsp3) is 0.519. The fourth-order valence-electron chi connectivity index (χ4n) is 5.16. The summed E-state index contributed by atoms with van der Waals surface area (Å²) in [4.78, 5) is 15.2. The number of nitrogens with one attached hydrogen (secondary N) is 1. The van der Waals surface area contributed by atoms with Crippen LogP contribution in [0.4, 0.5) is 5.69 Å². The third-order valence-electron chi connectivity index (χ3n) is 7.01. The van der Waals surface area contributed by atoms with Crippen molar-refractivity contribution in [1.29, 1.82) is 0 Å². The van der Waals surface area contributed by atoms with E-state index < -0.39 is 10.0 Å². The Kier molecular flexibility index (Phi) is 8.20. The number of piperidine rings is 1. The number of sulfonamides is 1. The Morgan fingerprint density at radius 1 is 0.909 bits per heavy atom. The van der Waals surface area contributed by atoms with Crippen molar-refractivity contribution >= 4 is 21.5 Å². The molecule has 0 radical (unpaired) electrons. The van der Waals surface area contributed by atoms with Crippen LogP contribution in [0.1, 0.15) is 63.4 Å². The lowest BCUT2D eigenvalue weighted by Gasteiger charge is -2.34. The van der Waals surface area contributed by atoms with Crippen LogP contribution in [0.15, 0.2) is 59.5 Å². The average molecular weight is 469 g/mol. The van der Waals surface area contributed by atoms with E-state index in [1.165, 1.54) is 12.0 Å². The Morgan fingerprint density at radius 2 is 1.64 bits per heavy atom. The molecule has 0 amide bonds. The van der Waals surface area contributed by atoms with Crippen molar-refractivity contribution in [2.24, 2.45) is 5.92 Å². The first-order valence-corrected chi connectivity index (χ1v) is 13.9. The molecule has 1 N–H and O–H groups in total. The highest BCUT2D eigenvalue weighted by Gasteiger charge is 2.24. The summed E-state index contributed by atoms with van der Waals surface area (Å²) in [6, 6.07) is 17.5. The highest BCUT2D eigenvalue weighted by molar-refractivity contribution is 7.89. The number of aryl methyl sites for hydroxylation is 1. The van der Waals surface area contributed by atoms with Crippen LogP contribution in [0, 0.1) is 5.92 Å². The van der Waals surface area contributed by atoms with Gasteiger partial charge in [0.05, 0.1) is 4.90 Å². The molecule has 0 spiro atoms. The van der Waals surface area contributed by atoms with Crippen LogP contribution in [0.2, 0.25) is 0 Å². The number of nitrogens with zero attached hydrogens (tertiary/aromatic N) is 1. The van der Waals surface area contributed by atoms with Gasteiger partial charge in [-0.15, -0.1) is 0 Å². The number of hydrogen-bond acceptors (Lipinski definition) is 4. The van der Waals surface area contributed by atoms with Crippen LogP contribution in [0.25, 0.3) is 0 Å². The number of hydrogen-bond donors (Lipinski definition) is 1. The van der Waals surface area contributed by atoms with E-state index in [9.17, 15) is 13.2 Å². The second kappa shape index (κ2) is 11.3. The Labute approximate surface area is 198 Å². The summed E-state index contributed by atoms with van der Waals surface area (Å²) in [7, 11) is -3.48. The zero-order chi connectivity index (χ0) is 23.1. The molecule has 0 aromatic heterocycles. The Balaban J connectivity index is 1.30. The molecule has 178 valence electrons. The van der Waals surface area contributed by atoms with E-state index in [1.807, 2.05) is 30.3 Å². The molecule has 2 aromatic rings. The standard InChI is InChI=1S/C27H36N2O3S/c30-26(16-13-22-8-3-1-4-9-22)20-23-10-7-19-29(21-23)25-14-17-27(18-15-25)33(31,32)28-24-11-5-2-6-12-24/h1,3-4,8-9,14-15,17-18,23-24,28H,2,5-7,10-13,16,19-21H2. The van der Waals surface area contributed by atoms with Gasteiger partial charge < -0.3 is 4.90 Å². The fourth-order valence-corrected chi connectivity index (χ4v) is 6.47. The molecule has 0 bridgehead atoms. The molecule has 6 heteroatoms. The van der Waals surface area contributed by atoms with E-state index in [0.717, 1.165) is 63.7 Å². The second-order valence-electron chi connectivity index (χ2n) is 9.63. The van der Waals surface area contributed by atoms with Crippen molar-refractivity contribution in [3.63, 3.8) is 0 Å². The molecule has 5 nitrogen and oxygen atoms in total. The molecule has 2 fully saturated rings. The highest BCUT2D eigenvalue weighted by Crippen LogP contribution is 2.27. The normalized spacial score (nSPS) is 20.0. The number of carbonyl (C=O) groups excluding carboxylic acids is 1. The number of anilines is 1. The van der Waals surface area contributed by atoms with Crippen molar-refractivity contribution in [1.82, 2.24) is 4.72 Å². The maximum Gasteiger partial charge on any atom is 0.240 e. The van der Waals surface area contributed by atoms with Gasteiger partial charge in [-0.3, -0.25) is 4.79 Å². The Bertz CT molecular complexity index is 999. The molecule has 1 heterocycles. The van der Waals surface area contributed by atoms with Crippen LogP contribution >= 0.6 is 0 Å². The number of rotatable bonds is 9. The van der Waals surface area contributed by atoms with E-state index in [1.54, 1.807) is 12.1 Å². The molecular formula is C27H36N2O3S. The van der Waals surface area contributed by atoms with E-state index in [4.69, 9.17) is 0 Å². The van der Waals surface area contributed by atoms with Crippen LogP contribution in [-0.4, -0.2) is 33.3 Å². The van der Waals surface area contributed by atoms with Crippen LogP contribution < -0.4 is 9.62 Å². The topological polar surface area (TPSA) is 66.5 Å². The van der Waals surface area contributed by atoms with Gasteiger partial charge >= 0.3 is 0 Å². The second-order valence-corrected chi connectivity index (χ2v) is 11.3. The molecule has 1 aliphatic carbocycles. The summed E-state index contributed by atoms with van der Waals surface area (Å²) in [5.74, 6) is 0.694. The summed E-state index contributed by atoms with van der Waals surface area (Å²) >= 11 is 0. The molecule has 1 atom stereocenters. The monoisotopic (exact) mass is 468 g/mol. The molecule has 1 saturated carbocycles. The number of carbonyl (C=O) groups is 1. The van der Waals surface area contributed by atoms with Crippen molar-refractivity contribution in [3.05, 3.63) is 60.2 Å². The third-order valence-corrected chi connectivity index (χ3v) is 8.55. The summed E-state index contributed by atoms with van der Waals surface area (Å²) in [5, 5.41) is 0. The first kappa shape index (κ1) is 24.0. The summed E-state index contributed by atoms with van der Waals surface area (Å²) in [5.41, 5.74) is 2.25. The van der Waals surface area contributed by atoms with Gasteiger partial charge in [0, 0.05) is 37.7 Å². The van der Waals surface area contributed by atoms with Gasteiger partial charge in [0.1, 0.15) is 5.78 Å². The average Bonchev–Trinajstić information content (AvgIpc) is 2.84. The summed E-state index contributed by atoms with van der Waals surface area (Å²) in [6.45, 7) is 1.80. The smallest absolute Gasteiger partial charge is 0.240 e. The van der Waals surface area contributed by atoms with Crippen LogP contribution in [0.3, 0.4) is 0 Å². The van der Waals surface area contributed by atoms with Gasteiger partial charge in [-0.1, -0.05) is 49.6 Å². The molecule has 1 unspecified atom stereocenters. The zero-order valence-electron chi connectivity index (χ0n) is 19.4. The van der Waals surface area contributed by atoms with Crippen LogP contribution in [0.5, 0.6) is 0 Å². The van der Waals surface area contributed by atoms with E-state index in [0.29, 0.717) is 29.4 Å². The van der Waals surface area contributed by atoms with Gasteiger partial charge in [-0.25, -0.2) is 13.1 Å². The van der Waals surface area contributed by atoms with Crippen molar-refractivity contribution in [2.75, 3.05) is 18.0 Å². The highest BCUT2D eigenvalue weighted by atomic mass is 32.2. The Morgan fingerprint density at radius 3 is 2.36 bits per heavy atom. The molecule has 4 rings (SSSR count). The lowest BCUT2D eigenvalue weighted by Crippen LogP contribution is -2.37. The predicted molar refractivity (Wildman–Crippen MR) is 133 cm³/mol. The predicted octanol–water partition coefficient (Wildman–Crippen LogP) is 5.11. The van der Waals surface area contributed by atoms with Gasteiger partial charge in [-0.05, 0) is 67.9 Å². The van der Waals surface area contributed by atoms with Gasteiger partial charge in [-0.2, -0.15) is 0 Å². The van der Waals surface area contributed by atoms with E-state index in [2.05, 4.69) is 21.8 Å². The maximum atomic E-state index is 12.8. The first-order valence-electron chi connectivity index (χ1n) is 12.4. The number of ketones is 1. The lowest BCUT2D eigenvalue weighted by molar-refractivity contribution is -0.120. The largest absolute Gasteiger partial charge is 0.371 e. The lowest BCUT2D eigenvalue weighted by atomic mass is 9.91. The zero-order valence-corrected chi connectivity index (χ0v) is 20.2. The molecule has 2 aromatic carbocycles. The van der Waals surface area contributed by atoms with Crippen molar-refractivity contribution in [2.45, 2.75) is 75.1 Å². The maximum absolute atomic E-state index is 12.8. The first-order chi connectivity index (χ1) is 16.0. The SMILES string of the molecule is O=C(CCc1ccccc1)CC1CCCN(c2ccc(S(=O)(=O)NC3CCCCC3)cc2)C1. The minimum Gasteiger partial charge on any atom is -0.371 e.